The molecule has 0 saturated carbocycles. The Balaban J connectivity index is 1.37. The molecule has 0 saturated heterocycles. The first kappa shape index (κ1) is 26.9. The van der Waals surface area contributed by atoms with Crippen LogP contribution in [0, 0.1) is 0 Å². The molecule has 3 heterocycles. The fraction of sp³-hybridized carbons (Fsp3) is 0.103. The molecule has 0 bridgehead atoms. The molecule has 1 aliphatic heterocycles. The van der Waals surface area contributed by atoms with E-state index in [0.29, 0.717) is 37.4 Å². The molecule has 206 valence electrons. The van der Waals surface area contributed by atoms with Gasteiger partial charge in [0.1, 0.15) is 5.75 Å². The second-order valence-electron chi connectivity index (χ2n) is 8.98. The number of rotatable bonds is 8. The van der Waals surface area contributed by atoms with E-state index in [4.69, 9.17) is 20.8 Å². The summed E-state index contributed by atoms with van der Waals surface area (Å²) in [6.45, 7) is 0. The second-order valence-corrected chi connectivity index (χ2v) is 11.6. The number of hydrogen-bond donors (Lipinski definition) is 2. The van der Waals surface area contributed by atoms with Gasteiger partial charge < -0.3 is 19.4 Å². The van der Waals surface area contributed by atoms with E-state index in [1.54, 1.807) is 36.4 Å². The number of nitrogens with zero attached hydrogens (tertiary/aromatic N) is 3. The third kappa shape index (κ3) is 4.92. The van der Waals surface area contributed by atoms with E-state index in [-0.39, 0.29) is 22.2 Å². The largest absolute Gasteiger partial charge is 0.508 e. The molecular weight excluding hydrogens is 586 g/mol. The lowest BCUT2D eigenvalue weighted by molar-refractivity contribution is -0.117. The minimum Gasteiger partial charge on any atom is -0.508 e. The number of aliphatic hydroxyl groups excluding tert-OH is 1. The molecule has 5 aromatic rings. The number of hydrogen-bond acceptors (Lipinski definition) is 10. The van der Waals surface area contributed by atoms with Crippen molar-refractivity contribution in [2.24, 2.45) is 0 Å². The zero-order valence-corrected chi connectivity index (χ0v) is 23.7. The van der Waals surface area contributed by atoms with E-state index in [1.165, 1.54) is 42.0 Å². The van der Waals surface area contributed by atoms with Gasteiger partial charge in [0.2, 0.25) is 10.9 Å². The lowest BCUT2D eigenvalue weighted by Crippen LogP contribution is -2.31. The highest BCUT2D eigenvalue weighted by atomic mass is 35.5. The van der Waals surface area contributed by atoms with Crippen molar-refractivity contribution in [3.05, 3.63) is 106 Å². The molecule has 1 aliphatic rings. The van der Waals surface area contributed by atoms with Gasteiger partial charge in [0.25, 0.3) is 5.91 Å². The topological polar surface area (TPSA) is 126 Å². The van der Waals surface area contributed by atoms with Crippen LogP contribution in [-0.2, 0) is 10.5 Å². The van der Waals surface area contributed by atoms with Crippen molar-refractivity contribution >= 4 is 62.5 Å². The molecule has 0 fully saturated rings. The molecule has 0 spiro atoms. The number of carbonyl (C=O) groups is 2. The molecule has 0 radical (unpaired) electrons. The van der Waals surface area contributed by atoms with Crippen molar-refractivity contribution in [2.75, 3.05) is 12.0 Å². The fourth-order valence-corrected chi connectivity index (χ4v) is 6.71. The Morgan fingerprint density at radius 3 is 2.63 bits per heavy atom. The molecule has 1 atom stereocenters. The highest BCUT2D eigenvalue weighted by molar-refractivity contribution is 8.00. The number of ether oxygens (including phenoxy) is 1. The quantitative estimate of drug-likeness (QED) is 0.112. The number of halogens is 1. The van der Waals surface area contributed by atoms with Gasteiger partial charge in [-0.15, -0.1) is 10.2 Å². The van der Waals surface area contributed by atoms with Gasteiger partial charge in [-0.05, 0) is 41.5 Å². The Hall–Kier alpha value is -4.32. The Morgan fingerprint density at radius 2 is 1.88 bits per heavy atom. The summed E-state index contributed by atoms with van der Waals surface area (Å²) in [5, 5.41) is 30.8. The van der Waals surface area contributed by atoms with Gasteiger partial charge in [0.05, 0.1) is 18.7 Å². The third-order valence-corrected chi connectivity index (χ3v) is 9.00. The number of para-hydroxylation sites is 1. The minimum absolute atomic E-state index is 0.00394. The van der Waals surface area contributed by atoms with E-state index in [0.717, 1.165) is 16.9 Å². The lowest BCUT2D eigenvalue weighted by atomic mass is 9.95. The fourth-order valence-electron chi connectivity index (χ4n) is 4.56. The van der Waals surface area contributed by atoms with Crippen LogP contribution in [0.1, 0.15) is 27.7 Å². The first-order valence-corrected chi connectivity index (χ1v) is 14.4. The summed E-state index contributed by atoms with van der Waals surface area (Å²) in [7, 11) is 1.49. The smallest absolute Gasteiger partial charge is 0.296 e. The SMILES string of the molecule is COc1cccc2cc(C(=O)C3=C(O)C(=O)N(c4nnc(SCc5ccccc5Cl)s4)C3c3ccc(O)cc3)oc12. The lowest BCUT2D eigenvalue weighted by Gasteiger charge is -2.23. The number of Topliss-reactive ketones (excluding diaryl/α,β-unsaturated/α-hetero) is 1. The van der Waals surface area contributed by atoms with Gasteiger partial charge >= 0.3 is 0 Å². The van der Waals surface area contributed by atoms with Gasteiger partial charge in [0.15, 0.2) is 27.2 Å². The van der Waals surface area contributed by atoms with Crippen LogP contribution in [0.25, 0.3) is 11.0 Å². The van der Waals surface area contributed by atoms with Crippen LogP contribution in [-0.4, -0.2) is 39.2 Å². The average molecular weight is 606 g/mol. The van der Waals surface area contributed by atoms with E-state index >= 15 is 0 Å². The number of thioether (sulfide) groups is 1. The summed E-state index contributed by atoms with van der Waals surface area (Å²) in [4.78, 5) is 28.6. The number of carbonyl (C=O) groups excluding carboxylic acids is 2. The van der Waals surface area contributed by atoms with Crippen molar-refractivity contribution in [1.29, 1.82) is 0 Å². The number of aliphatic hydroxyl groups is 1. The Labute approximate surface area is 246 Å². The molecule has 9 nitrogen and oxygen atoms in total. The van der Waals surface area contributed by atoms with E-state index in [1.807, 2.05) is 18.2 Å². The maximum Gasteiger partial charge on any atom is 0.296 e. The number of phenols is 1. The summed E-state index contributed by atoms with van der Waals surface area (Å²) in [5.41, 5.74) is 1.58. The van der Waals surface area contributed by atoms with Crippen molar-refractivity contribution in [2.45, 2.75) is 16.1 Å². The predicted molar refractivity (Wildman–Crippen MR) is 156 cm³/mol. The van der Waals surface area contributed by atoms with Crippen molar-refractivity contribution in [3.63, 3.8) is 0 Å². The Kier molecular flexibility index (Phi) is 7.16. The molecule has 3 aromatic carbocycles. The summed E-state index contributed by atoms with van der Waals surface area (Å²) >= 11 is 8.82. The van der Waals surface area contributed by atoms with Gasteiger partial charge in [0, 0.05) is 16.2 Å². The van der Waals surface area contributed by atoms with Crippen LogP contribution in [0.15, 0.2) is 92.9 Å². The van der Waals surface area contributed by atoms with E-state index < -0.39 is 23.5 Å². The highest BCUT2D eigenvalue weighted by Gasteiger charge is 2.46. The first-order valence-electron chi connectivity index (χ1n) is 12.2. The monoisotopic (exact) mass is 605 g/mol. The molecule has 2 N–H and O–H groups in total. The summed E-state index contributed by atoms with van der Waals surface area (Å²) in [6, 6.07) is 19.2. The standard InChI is InChI=1S/C29H20ClN3O6S2/c1-38-20-8-4-6-16-13-21(39-26(16)20)24(35)22-23(15-9-11-18(34)12-10-15)33(27(37)25(22)36)28-31-32-29(41-28)40-14-17-5-2-3-7-19(17)30/h2-13,23,34,36H,14H2,1H3. The molecule has 12 heteroatoms. The third-order valence-electron chi connectivity index (χ3n) is 6.52. The van der Waals surface area contributed by atoms with Crippen LogP contribution in [0.3, 0.4) is 0 Å². The zero-order chi connectivity index (χ0) is 28.7. The Morgan fingerprint density at radius 1 is 1.10 bits per heavy atom. The van der Waals surface area contributed by atoms with Gasteiger partial charge in [-0.3, -0.25) is 14.5 Å². The Bertz CT molecular complexity index is 1830. The number of aromatic nitrogens is 2. The summed E-state index contributed by atoms with van der Waals surface area (Å²) in [6.07, 6.45) is 0. The van der Waals surface area contributed by atoms with E-state index in [2.05, 4.69) is 10.2 Å². The van der Waals surface area contributed by atoms with Crippen LogP contribution < -0.4 is 9.64 Å². The number of methoxy groups -OCH3 is 1. The first-order chi connectivity index (χ1) is 19.9. The number of anilines is 1. The highest BCUT2D eigenvalue weighted by Crippen LogP contribution is 2.45. The van der Waals surface area contributed by atoms with Crippen molar-refractivity contribution in [3.8, 4) is 11.5 Å². The molecule has 1 unspecified atom stereocenters. The van der Waals surface area contributed by atoms with Gasteiger partial charge in [-0.2, -0.15) is 0 Å². The zero-order valence-electron chi connectivity index (χ0n) is 21.3. The van der Waals surface area contributed by atoms with Gasteiger partial charge in [-0.25, -0.2) is 0 Å². The average Bonchev–Trinajstić information content (AvgIpc) is 3.69. The van der Waals surface area contributed by atoms with Crippen LogP contribution in [0.5, 0.6) is 11.5 Å². The van der Waals surface area contributed by atoms with Crippen molar-refractivity contribution in [1.82, 2.24) is 10.2 Å². The van der Waals surface area contributed by atoms with Crippen LogP contribution in [0.2, 0.25) is 5.02 Å². The number of phenolic OH excluding ortho intramolecular Hbond substituents is 1. The number of aromatic hydroxyl groups is 1. The number of amides is 1. The van der Waals surface area contributed by atoms with E-state index in [9.17, 15) is 19.8 Å². The molecule has 41 heavy (non-hydrogen) atoms. The summed E-state index contributed by atoms with van der Waals surface area (Å²) < 4.78 is 11.8. The molecule has 0 aliphatic carbocycles. The van der Waals surface area contributed by atoms with Crippen LogP contribution >= 0.6 is 34.7 Å². The number of benzene rings is 3. The number of fused-ring (bicyclic) bond motifs is 1. The molecular formula is C29H20ClN3O6S2. The van der Waals surface area contributed by atoms with Crippen molar-refractivity contribution < 1.29 is 29.0 Å². The normalized spacial score (nSPS) is 15.2. The molecule has 1 amide bonds. The molecule has 2 aromatic heterocycles. The predicted octanol–water partition coefficient (Wildman–Crippen LogP) is 6.73. The number of furan rings is 1. The maximum absolute atomic E-state index is 13.9. The van der Waals surface area contributed by atoms with Crippen LogP contribution in [0.4, 0.5) is 5.13 Å². The second kappa shape index (κ2) is 10.9. The minimum atomic E-state index is -1.06. The molecule has 6 rings (SSSR count). The maximum atomic E-state index is 13.9. The number of ketones is 1. The van der Waals surface area contributed by atoms with Gasteiger partial charge in [-0.1, -0.05) is 77.2 Å². The summed E-state index contributed by atoms with van der Waals surface area (Å²) in [5.74, 6) is -1.30.